The molecule has 1 atom stereocenters. The van der Waals surface area contributed by atoms with Crippen LogP contribution < -0.4 is 9.47 Å². The Morgan fingerprint density at radius 3 is 2.75 bits per heavy atom. The van der Waals surface area contributed by atoms with Gasteiger partial charge in [0.2, 0.25) is 6.20 Å². The third kappa shape index (κ3) is 3.16. The highest BCUT2D eigenvalue weighted by Crippen LogP contribution is 2.39. The number of benzene rings is 1. The summed E-state index contributed by atoms with van der Waals surface area (Å²) in [6.07, 6.45) is 4.96. The summed E-state index contributed by atoms with van der Waals surface area (Å²) in [6.45, 7) is 9.36. The molecule has 2 heterocycles. The topological polar surface area (TPSA) is 33.3 Å². The van der Waals surface area contributed by atoms with Crippen LogP contribution in [0.2, 0.25) is 0 Å². The highest BCUT2D eigenvalue weighted by atomic mass is 16.5. The molecular formula is C21H26NO2+. The van der Waals surface area contributed by atoms with Crippen LogP contribution in [0.5, 0.6) is 5.75 Å². The first-order chi connectivity index (χ1) is 11.4. The number of hydrogen-bond acceptors (Lipinski definition) is 2. The van der Waals surface area contributed by atoms with Crippen LogP contribution in [0.3, 0.4) is 0 Å². The summed E-state index contributed by atoms with van der Waals surface area (Å²) in [6, 6.07) is 12.1. The highest BCUT2D eigenvalue weighted by Gasteiger charge is 2.29. The third-order valence-electron chi connectivity index (χ3n) is 4.73. The Bertz CT molecular complexity index is 777. The fraction of sp³-hybridized carbons (Fsp3) is 0.381. The lowest BCUT2D eigenvalue weighted by Crippen LogP contribution is -2.34. The minimum Gasteiger partial charge on any atom is -0.492 e. The van der Waals surface area contributed by atoms with Crippen molar-refractivity contribution in [1.29, 1.82) is 0 Å². The number of aromatic nitrogens is 1. The molecule has 3 heteroatoms. The molecule has 3 nitrogen and oxygen atoms in total. The summed E-state index contributed by atoms with van der Waals surface area (Å²) in [5.74, 6) is 1.37. The van der Waals surface area contributed by atoms with Gasteiger partial charge in [0.15, 0.2) is 0 Å². The molecule has 0 spiro atoms. The molecule has 0 saturated carbocycles. The van der Waals surface area contributed by atoms with E-state index in [0.29, 0.717) is 12.5 Å². The molecule has 1 aliphatic heterocycles. The smallest absolute Gasteiger partial charge is 0.264 e. The Kier molecular flexibility index (Phi) is 4.35. The minimum absolute atomic E-state index is 0.117. The zero-order valence-electron chi connectivity index (χ0n) is 14.9. The minimum atomic E-state index is -0.117. The van der Waals surface area contributed by atoms with Gasteiger partial charge in [-0.15, -0.1) is 0 Å². The second kappa shape index (κ2) is 6.31. The monoisotopic (exact) mass is 324 g/mol. The predicted octanol–water partition coefficient (Wildman–Crippen LogP) is 4.58. The van der Waals surface area contributed by atoms with E-state index in [2.05, 4.69) is 52.0 Å². The van der Waals surface area contributed by atoms with Crippen molar-refractivity contribution < 1.29 is 14.7 Å². The van der Waals surface area contributed by atoms with Gasteiger partial charge in [-0.1, -0.05) is 39.8 Å². The van der Waals surface area contributed by atoms with Crippen molar-refractivity contribution in [3.05, 3.63) is 65.5 Å². The van der Waals surface area contributed by atoms with Gasteiger partial charge in [0.05, 0.1) is 12.2 Å². The molecule has 0 radical (unpaired) electrons. The summed E-state index contributed by atoms with van der Waals surface area (Å²) in [4.78, 5) is 0. The average Bonchev–Trinajstić information content (AvgIpc) is 2.70. The third-order valence-corrected chi connectivity index (χ3v) is 4.73. The van der Waals surface area contributed by atoms with Gasteiger partial charge in [0.1, 0.15) is 5.75 Å². The van der Waals surface area contributed by atoms with Gasteiger partial charge in [-0.2, -0.15) is 0 Å². The molecule has 0 amide bonds. The Hall–Kier alpha value is -2.29. The Labute approximate surface area is 144 Å². The summed E-state index contributed by atoms with van der Waals surface area (Å²) in [5, 5.41) is 10.3. The summed E-state index contributed by atoms with van der Waals surface area (Å²) < 4.78 is 7.27. The van der Waals surface area contributed by atoms with Gasteiger partial charge in [-0.3, -0.25) is 5.21 Å². The Morgan fingerprint density at radius 1 is 1.25 bits per heavy atom. The molecule has 1 unspecified atom stereocenters. The van der Waals surface area contributed by atoms with Crippen molar-refractivity contribution in [3.63, 3.8) is 0 Å². The SMILES string of the molecule is CCC(C)c1ccc2c(c1)C(c1cccc[n+]1O)=CC(C)(C)CO2. The summed E-state index contributed by atoms with van der Waals surface area (Å²) in [5.41, 5.74) is 4.02. The normalized spacial score (nSPS) is 17.2. The largest absolute Gasteiger partial charge is 0.492 e. The van der Waals surface area contributed by atoms with Gasteiger partial charge in [-0.25, -0.2) is 0 Å². The fourth-order valence-corrected chi connectivity index (χ4v) is 3.06. The van der Waals surface area contributed by atoms with E-state index in [1.54, 1.807) is 6.20 Å². The van der Waals surface area contributed by atoms with Crippen LogP contribution >= 0.6 is 0 Å². The number of pyridine rings is 1. The van der Waals surface area contributed by atoms with Crippen molar-refractivity contribution in [2.45, 2.75) is 40.0 Å². The van der Waals surface area contributed by atoms with Crippen LogP contribution in [0.15, 0.2) is 48.7 Å². The maximum Gasteiger partial charge on any atom is 0.264 e. The predicted molar refractivity (Wildman–Crippen MR) is 95.3 cm³/mol. The molecule has 24 heavy (non-hydrogen) atoms. The van der Waals surface area contributed by atoms with Gasteiger partial charge < -0.3 is 4.74 Å². The molecule has 1 aliphatic rings. The van der Waals surface area contributed by atoms with Crippen molar-refractivity contribution in [3.8, 4) is 5.75 Å². The number of hydrogen-bond donors (Lipinski definition) is 1. The van der Waals surface area contributed by atoms with E-state index < -0.39 is 0 Å². The van der Waals surface area contributed by atoms with E-state index in [0.717, 1.165) is 29.0 Å². The molecule has 126 valence electrons. The van der Waals surface area contributed by atoms with E-state index in [1.165, 1.54) is 10.3 Å². The Morgan fingerprint density at radius 2 is 2.04 bits per heavy atom. The van der Waals surface area contributed by atoms with Gasteiger partial charge in [0.25, 0.3) is 5.69 Å². The van der Waals surface area contributed by atoms with Gasteiger partial charge >= 0.3 is 0 Å². The average molecular weight is 324 g/mol. The lowest BCUT2D eigenvalue weighted by atomic mass is 9.87. The van der Waals surface area contributed by atoms with E-state index >= 15 is 0 Å². The zero-order valence-corrected chi connectivity index (χ0v) is 14.9. The van der Waals surface area contributed by atoms with Crippen LogP contribution in [0.25, 0.3) is 5.57 Å². The maximum absolute atomic E-state index is 10.3. The molecule has 1 aromatic heterocycles. The Balaban J connectivity index is 2.22. The molecule has 0 saturated heterocycles. The molecule has 0 aliphatic carbocycles. The molecule has 3 rings (SSSR count). The quantitative estimate of drug-likeness (QED) is 0.662. The van der Waals surface area contributed by atoms with Crippen molar-refractivity contribution in [2.24, 2.45) is 5.41 Å². The highest BCUT2D eigenvalue weighted by molar-refractivity contribution is 5.81. The lowest BCUT2D eigenvalue weighted by Gasteiger charge is -2.18. The van der Waals surface area contributed by atoms with E-state index in [1.807, 2.05) is 18.2 Å². The summed E-state index contributed by atoms with van der Waals surface area (Å²) in [7, 11) is 0. The van der Waals surface area contributed by atoms with Crippen molar-refractivity contribution >= 4 is 5.57 Å². The number of nitrogens with zero attached hydrogens (tertiary/aromatic N) is 1. The first-order valence-corrected chi connectivity index (χ1v) is 8.61. The van der Waals surface area contributed by atoms with Crippen LogP contribution in [-0.4, -0.2) is 11.8 Å². The van der Waals surface area contributed by atoms with Crippen LogP contribution in [0, 0.1) is 5.41 Å². The first kappa shape index (κ1) is 16.6. The van der Waals surface area contributed by atoms with E-state index in [4.69, 9.17) is 4.74 Å². The molecule has 0 fully saturated rings. The number of fused-ring (bicyclic) bond motifs is 1. The standard InChI is InChI=1S/C21H26NO2/c1-5-15(2)16-9-10-20-17(12-16)18(13-21(3,4)14-24-20)19-8-6-7-11-22(19)23/h6-13,15,23H,5,14H2,1-4H3/q+1. The zero-order chi connectivity index (χ0) is 17.3. The van der Waals surface area contributed by atoms with Gasteiger partial charge in [-0.05, 0) is 36.1 Å². The van der Waals surface area contributed by atoms with Crippen LogP contribution in [0.1, 0.15) is 56.9 Å². The molecule has 0 bridgehead atoms. The molecule has 1 N–H and O–H groups in total. The van der Waals surface area contributed by atoms with Gasteiger partial charge in [0, 0.05) is 27.8 Å². The number of rotatable bonds is 3. The van der Waals surface area contributed by atoms with Crippen LogP contribution in [-0.2, 0) is 0 Å². The first-order valence-electron chi connectivity index (χ1n) is 8.61. The lowest BCUT2D eigenvalue weighted by molar-refractivity contribution is -0.906. The van der Waals surface area contributed by atoms with Crippen molar-refractivity contribution in [1.82, 2.24) is 0 Å². The molecule has 1 aromatic carbocycles. The van der Waals surface area contributed by atoms with Crippen molar-refractivity contribution in [2.75, 3.05) is 6.61 Å². The van der Waals surface area contributed by atoms with E-state index in [9.17, 15) is 5.21 Å². The number of ether oxygens (including phenoxy) is 1. The molecule has 2 aromatic rings. The maximum atomic E-state index is 10.3. The fourth-order valence-electron chi connectivity index (χ4n) is 3.06. The molecular weight excluding hydrogens is 298 g/mol. The second-order valence-corrected chi connectivity index (χ2v) is 7.33. The summed E-state index contributed by atoms with van der Waals surface area (Å²) >= 11 is 0. The second-order valence-electron chi connectivity index (χ2n) is 7.33. The van der Waals surface area contributed by atoms with Crippen LogP contribution in [0.4, 0.5) is 0 Å². The van der Waals surface area contributed by atoms with E-state index in [-0.39, 0.29) is 5.41 Å².